The van der Waals surface area contributed by atoms with Gasteiger partial charge in [-0.2, -0.15) is 0 Å². The molecule has 2 unspecified atom stereocenters. The number of rotatable bonds is 5. The van der Waals surface area contributed by atoms with Crippen LogP contribution in [0.1, 0.15) is 30.2 Å². The van der Waals surface area contributed by atoms with E-state index < -0.39 is 6.10 Å². The standard InChI is InChI=1S/C16H20N2O2S.ClH/c19-13(10-18-16(20)9-12-5-3-7-17-12)15-8-11-4-1-2-6-14(11)21-15;/h1-2,4,6,8,12-13,17,19H,3,5,7,9-10H2,(H,18,20);1H. The number of hydrogen-bond acceptors (Lipinski definition) is 4. The highest BCUT2D eigenvalue weighted by Crippen LogP contribution is 2.29. The van der Waals surface area contributed by atoms with Gasteiger partial charge in [-0.15, -0.1) is 23.7 Å². The van der Waals surface area contributed by atoms with E-state index in [1.54, 1.807) is 11.3 Å². The molecule has 1 aliphatic rings. The van der Waals surface area contributed by atoms with Gasteiger partial charge in [0.05, 0.1) is 0 Å². The molecule has 22 heavy (non-hydrogen) atoms. The van der Waals surface area contributed by atoms with Gasteiger partial charge in [-0.1, -0.05) is 18.2 Å². The summed E-state index contributed by atoms with van der Waals surface area (Å²) in [6, 6.07) is 10.3. The van der Waals surface area contributed by atoms with Crippen LogP contribution >= 0.6 is 23.7 Å². The van der Waals surface area contributed by atoms with Crippen molar-refractivity contribution in [2.24, 2.45) is 0 Å². The molecule has 3 rings (SSSR count). The summed E-state index contributed by atoms with van der Waals surface area (Å²) in [5.41, 5.74) is 0. The second-order valence-corrected chi connectivity index (χ2v) is 6.62. The average Bonchev–Trinajstić information content (AvgIpc) is 3.13. The highest BCUT2D eigenvalue weighted by atomic mass is 35.5. The van der Waals surface area contributed by atoms with Crippen molar-refractivity contribution >= 4 is 39.7 Å². The lowest BCUT2D eigenvalue weighted by atomic mass is 10.1. The minimum atomic E-state index is -0.636. The molecule has 1 amide bonds. The fourth-order valence-electron chi connectivity index (χ4n) is 2.70. The van der Waals surface area contributed by atoms with Gasteiger partial charge in [0.25, 0.3) is 0 Å². The van der Waals surface area contributed by atoms with E-state index >= 15 is 0 Å². The molecular weight excluding hydrogens is 320 g/mol. The number of aliphatic hydroxyl groups excluding tert-OH is 1. The van der Waals surface area contributed by atoms with Crippen LogP contribution in [0, 0.1) is 0 Å². The van der Waals surface area contributed by atoms with Crippen LogP contribution in [0.5, 0.6) is 0 Å². The molecule has 3 N–H and O–H groups in total. The van der Waals surface area contributed by atoms with Gasteiger partial charge in [0.1, 0.15) is 6.10 Å². The van der Waals surface area contributed by atoms with Gasteiger partial charge < -0.3 is 15.7 Å². The third kappa shape index (κ3) is 4.20. The second-order valence-electron chi connectivity index (χ2n) is 5.50. The summed E-state index contributed by atoms with van der Waals surface area (Å²) in [6.07, 6.45) is 2.07. The van der Waals surface area contributed by atoms with E-state index in [2.05, 4.69) is 10.6 Å². The number of carbonyl (C=O) groups is 1. The first-order valence-corrected chi connectivity index (χ1v) is 8.20. The fourth-order valence-corrected chi connectivity index (χ4v) is 3.76. The summed E-state index contributed by atoms with van der Waals surface area (Å²) in [5, 5.41) is 17.5. The molecule has 0 spiro atoms. The Labute approximate surface area is 140 Å². The van der Waals surface area contributed by atoms with E-state index in [0.717, 1.165) is 34.3 Å². The Balaban J connectivity index is 0.00000176. The maximum absolute atomic E-state index is 11.8. The molecule has 1 aromatic heterocycles. The number of carbonyl (C=O) groups excluding carboxylic acids is 1. The minimum absolute atomic E-state index is 0. The molecule has 1 fully saturated rings. The molecule has 1 aliphatic heterocycles. The number of thiophene rings is 1. The van der Waals surface area contributed by atoms with E-state index in [1.807, 2.05) is 30.3 Å². The predicted octanol–water partition coefficient (Wildman–Crippen LogP) is 2.61. The SMILES string of the molecule is Cl.O=C(CC1CCCN1)NCC(O)c1cc2ccccc2s1. The maximum Gasteiger partial charge on any atom is 0.221 e. The van der Waals surface area contributed by atoms with E-state index in [-0.39, 0.29) is 24.9 Å². The van der Waals surface area contributed by atoms with Crippen LogP contribution in [-0.4, -0.2) is 30.1 Å². The zero-order valence-electron chi connectivity index (χ0n) is 12.2. The third-order valence-electron chi connectivity index (χ3n) is 3.86. The van der Waals surface area contributed by atoms with Gasteiger partial charge in [-0.05, 0) is 36.9 Å². The number of halogens is 1. The number of amides is 1. The first kappa shape index (κ1) is 17.2. The second kappa shape index (κ2) is 7.92. The largest absolute Gasteiger partial charge is 0.386 e. The van der Waals surface area contributed by atoms with Crippen LogP contribution in [0.25, 0.3) is 10.1 Å². The third-order valence-corrected chi connectivity index (χ3v) is 5.08. The van der Waals surface area contributed by atoms with E-state index in [0.29, 0.717) is 12.5 Å². The normalized spacial score (nSPS) is 18.9. The fraction of sp³-hybridized carbons (Fsp3) is 0.438. The van der Waals surface area contributed by atoms with Crippen LogP contribution in [0.3, 0.4) is 0 Å². The summed E-state index contributed by atoms with van der Waals surface area (Å²) in [4.78, 5) is 12.7. The van der Waals surface area contributed by atoms with Crippen LogP contribution in [-0.2, 0) is 4.79 Å². The summed E-state index contributed by atoms with van der Waals surface area (Å²) in [7, 11) is 0. The summed E-state index contributed by atoms with van der Waals surface area (Å²) < 4.78 is 1.16. The van der Waals surface area contributed by atoms with Crippen molar-refractivity contribution in [1.29, 1.82) is 0 Å². The Bertz CT molecular complexity index is 592. The van der Waals surface area contributed by atoms with E-state index in [9.17, 15) is 9.90 Å². The highest BCUT2D eigenvalue weighted by Gasteiger charge is 2.18. The van der Waals surface area contributed by atoms with Crippen molar-refractivity contribution < 1.29 is 9.90 Å². The Morgan fingerprint density at radius 1 is 1.45 bits per heavy atom. The molecule has 0 saturated carbocycles. The predicted molar refractivity (Wildman–Crippen MR) is 92.7 cm³/mol. The smallest absolute Gasteiger partial charge is 0.221 e. The molecule has 120 valence electrons. The Hall–Kier alpha value is -1.14. The van der Waals surface area contributed by atoms with Crippen LogP contribution in [0.2, 0.25) is 0 Å². The number of hydrogen-bond donors (Lipinski definition) is 3. The van der Waals surface area contributed by atoms with Crippen molar-refractivity contribution in [2.45, 2.75) is 31.4 Å². The van der Waals surface area contributed by atoms with Gasteiger partial charge in [0.2, 0.25) is 5.91 Å². The average molecular weight is 341 g/mol. The molecule has 0 radical (unpaired) electrons. The van der Waals surface area contributed by atoms with Crippen molar-refractivity contribution in [2.75, 3.05) is 13.1 Å². The van der Waals surface area contributed by atoms with Crippen molar-refractivity contribution in [1.82, 2.24) is 10.6 Å². The van der Waals surface area contributed by atoms with Crippen molar-refractivity contribution in [3.8, 4) is 0 Å². The number of fused-ring (bicyclic) bond motifs is 1. The van der Waals surface area contributed by atoms with Gasteiger partial charge in [0.15, 0.2) is 0 Å². The molecule has 2 heterocycles. The maximum atomic E-state index is 11.8. The lowest BCUT2D eigenvalue weighted by molar-refractivity contribution is -0.122. The highest BCUT2D eigenvalue weighted by molar-refractivity contribution is 7.19. The van der Waals surface area contributed by atoms with E-state index in [1.165, 1.54) is 0 Å². The Morgan fingerprint density at radius 2 is 2.27 bits per heavy atom. The first-order valence-electron chi connectivity index (χ1n) is 7.39. The van der Waals surface area contributed by atoms with Crippen molar-refractivity contribution in [3.63, 3.8) is 0 Å². The monoisotopic (exact) mass is 340 g/mol. The molecular formula is C16H21ClN2O2S. The molecule has 6 heteroatoms. The summed E-state index contributed by atoms with van der Waals surface area (Å²) in [5.74, 6) is 0.00885. The van der Waals surface area contributed by atoms with Gasteiger partial charge in [0, 0.05) is 28.6 Å². The zero-order chi connectivity index (χ0) is 14.7. The topological polar surface area (TPSA) is 61.4 Å². The first-order chi connectivity index (χ1) is 10.2. The number of benzene rings is 1. The molecule has 0 bridgehead atoms. The summed E-state index contributed by atoms with van der Waals surface area (Å²) in [6.45, 7) is 1.28. The lowest BCUT2D eigenvalue weighted by Crippen LogP contribution is -2.33. The zero-order valence-corrected chi connectivity index (χ0v) is 13.9. The minimum Gasteiger partial charge on any atom is -0.386 e. The van der Waals surface area contributed by atoms with Gasteiger partial charge >= 0.3 is 0 Å². The van der Waals surface area contributed by atoms with Crippen LogP contribution in [0.4, 0.5) is 0 Å². The van der Waals surface area contributed by atoms with Gasteiger partial charge in [-0.3, -0.25) is 4.79 Å². The van der Waals surface area contributed by atoms with Gasteiger partial charge in [-0.25, -0.2) is 0 Å². The number of aliphatic hydroxyl groups is 1. The van der Waals surface area contributed by atoms with Crippen LogP contribution < -0.4 is 10.6 Å². The molecule has 2 atom stereocenters. The Morgan fingerprint density at radius 3 is 3.00 bits per heavy atom. The quantitative estimate of drug-likeness (QED) is 0.784. The molecule has 1 saturated heterocycles. The Kier molecular flexibility index (Phi) is 6.20. The molecule has 0 aliphatic carbocycles. The molecule has 2 aromatic rings. The van der Waals surface area contributed by atoms with E-state index in [4.69, 9.17) is 0 Å². The van der Waals surface area contributed by atoms with Crippen LogP contribution in [0.15, 0.2) is 30.3 Å². The lowest BCUT2D eigenvalue weighted by Gasteiger charge is -2.13. The molecule has 4 nitrogen and oxygen atoms in total. The summed E-state index contributed by atoms with van der Waals surface area (Å²) >= 11 is 1.58. The van der Waals surface area contributed by atoms with Crippen molar-refractivity contribution in [3.05, 3.63) is 35.2 Å². The number of nitrogens with one attached hydrogen (secondary N) is 2. The molecule has 1 aromatic carbocycles.